The summed E-state index contributed by atoms with van der Waals surface area (Å²) in [7, 11) is 0. The first-order valence-electron chi connectivity index (χ1n) is 6.90. The van der Waals surface area contributed by atoms with Gasteiger partial charge >= 0.3 is 0 Å². The van der Waals surface area contributed by atoms with Crippen LogP contribution in [-0.2, 0) is 0 Å². The van der Waals surface area contributed by atoms with Crippen LogP contribution < -0.4 is 11.3 Å². The molecule has 2 unspecified atom stereocenters. The summed E-state index contributed by atoms with van der Waals surface area (Å²) in [6.45, 7) is 13.1. The summed E-state index contributed by atoms with van der Waals surface area (Å²) in [5, 5.41) is 0. The number of hydrogen-bond donors (Lipinski definition) is 2. The summed E-state index contributed by atoms with van der Waals surface area (Å²) in [5.74, 6) is 5.78. The summed E-state index contributed by atoms with van der Waals surface area (Å²) in [4.78, 5) is 2.61. The van der Waals surface area contributed by atoms with Crippen molar-refractivity contribution in [3.8, 4) is 0 Å². The normalized spacial score (nSPS) is 22.4. The van der Waals surface area contributed by atoms with Crippen LogP contribution >= 0.6 is 0 Å². The number of rotatable bonds is 7. The molecule has 100 valence electrons. The number of allylic oxidation sites excluding steroid dienone is 1. The van der Waals surface area contributed by atoms with Crippen LogP contribution in [0.1, 0.15) is 52.9 Å². The molecule has 17 heavy (non-hydrogen) atoms. The predicted molar refractivity (Wildman–Crippen MR) is 74.7 cm³/mol. The molecule has 0 aliphatic carbocycles. The van der Waals surface area contributed by atoms with Gasteiger partial charge < -0.3 is 0 Å². The molecule has 0 aromatic heterocycles. The van der Waals surface area contributed by atoms with Crippen LogP contribution in [0.15, 0.2) is 12.2 Å². The van der Waals surface area contributed by atoms with Gasteiger partial charge in [0.05, 0.1) is 0 Å². The lowest BCUT2D eigenvalue weighted by molar-refractivity contribution is 0.0805. The van der Waals surface area contributed by atoms with Crippen LogP contribution in [0, 0.1) is 0 Å². The third-order valence-corrected chi connectivity index (χ3v) is 4.36. The highest BCUT2D eigenvalue weighted by Crippen LogP contribution is 2.30. The largest absolute Gasteiger partial charge is 0.296 e. The fourth-order valence-electron chi connectivity index (χ4n) is 2.88. The molecule has 3 heteroatoms. The summed E-state index contributed by atoms with van der Waals surface area (Å²) >= 11 is 0. The molecule has 1 aliphatic heterocycles. The molecule has 1 aliphatic rings. The van der Waals surface area contributed by atoms with E-state index in [1.54, 1.807) is 0 Å². The lowest BCUT2D eigenvalue weighted by atomic mass is 9.84. The second kappa shape index (κ2) is 6.53. The van der Waals surface area contributed by atoms with Gasteiger partial charge in [0.2, 0.25) is 0 Å². The van der Waals surface area contributed by atoms with Crippen molar-refractivity contribution in [1.82, 2.24) is 10.3 Å². The Kier molecular flexibility index (Phi) is 5.63. The molecule has 0 saturated carbocycles. The van der Waals surface area contributed by atoms with E-state index in [9.17, 15) is 0 Å². The van der Waals surface area contributed by atoms with E-state index in [2.05, 4.69) is 37.7 Å². The first-order chi connectivity index (χ1) is 8.04. The van der Waals surface area contributed by atoms with E-state index >= 15 is 0 Å². The Bertz CT molecular complexity index is 246. The highest BCUT2D eigenvalue weighted by atomic mass is 15.3. The van der Waals surface area contributed by atoms with Gasteiger partial charge in [0.25, 0.3) is 0 Å². The zero-order valence-corrected chi connectivity index (χ0v) is 11.8. The van der Waals surface area contributed by atoms with Crippen molar-refractivity contribution in [3.63, 3.8) is 0 Å². The van der Waals surface area contributed by atoms with Gasteiger partial charge in [0.1, 0.15) is 0 Å². The minimum Gasteiger partial charge on any atom is -0.296 e. The SMILES string of the molecule is C=C(C)CCC(NN)C(C)(CC)N1CCCC1. The molecule has 0 bridgehead atoms. The first-order valence-corrected chi connectivity index (χ1v) is 6.90. The van der Waals surface area contributed by atoms with Gasteiger partial charge in [0, 0.05) is 11.6 Å². The Labute approximate surface area is 106 Å². The number of nitrogens with two attached hydrogens (primary N) is 1. The molecule has 2 atom stereocenters. The molecular formula is C14H29N3. The minimum absolute atomic E-state index is 0.181. The lowest BCUT2D eigenvalue weighted by Gasteiger charge is -2.44. The fraction of sp³-hybridized carbons (Fsp3) is 0.857. The van der Waals surface area contributed by atoms with Crippen molar-refractivity contribution >= 4 is 0 Å². The summed E-state index contributed by atoms with van der Waals surface area (Å²) in [6, 6.07) is 0.349. The smallest absolute Gasteiger partial charge is 0.0395 e. The number of nitrogens with one attached hydrogen (secondary N) is 1. The molecule has 0 radical (unpaired) electrons. The highest BCUT2D eigenvalue weighted by Gasteiger charge is 2.38. The molecule has 1 rings (SSSR count). The molecule has 1 heterocycles. The quantitative estimate of drug-likeness (QED) is 0.407. The summed E-state index contributed by atoms with van der Waals surface area (Å²) in [5.41, 5.74) is 4.47. The zero-order valence-electron chi connectivity index (χ0n) is 11.8. The number of hydrazine groups is 1. The number of nitrogens with zero attached hydrogens (tertiary/aromatic N) is 1. The monoisotopic (exact) mass is 239 g/mol. The molecular weight excluding hydrogens is 210 g/mol. The maximum absolute atomic E-state index is 5.78. The van der Waals surface area contributed by atoms with Crippen molar-refractivity contribution in [2.24, 2.45) is 5.84 Å². The maximum atomic E-state index is 5.78. The Morgan fingerprint density at radius 2 is 2.06 bits per heavy atom. The fourth-order valence-corrected chi connectivity index (χ4v) is 2.88. The van der Waals surface area contributed by atoms with Crippen LogP contribution in [0.4, 0.5) is 0 Å². The molecule has 0 aromatic carbocycles. The third-order valence-electron chi connectivity index (χ3n) is 4.36. The molecule has 0 aromatic rings. The second-order valence-corrected chi connectivity index (χ2v) is 5.62. The van der Waals surface area contributed by atoms with Gasteiger partial charge in [-0.15, -0.1) is 6.58 Å². The number of hydrogen-bond acceptors (Lipinski definition) is 3. The van der Waals surface area contributed by atoms with Crippen molar-refractivity contribution in [2.45, 2.75) is 64.5 Å². The van der Waals surface area contributed by atoms with Crippen molar-refractivity contribution in [2.75, 3.05) is 13.1 Å². The molecule has 0 amide bonds. The Morgan fingerprint density at radius 3 is 2.47 bits per heavy atom. The van der Waals surface area contributed by atoms with E-state index in [4.69, 9.17) is 5.84 Å². The minimum atomic E-state index is 0.181. The van der Waals surface area contributed by atoms with Crippen LogP contribution in [0.25, 0.3) is 0 Å². The van der Waals surface area contributed by atoms with Gasteiger partial charge in [-0.3, -0.25) is 16.2 Å². The number of likely N-dealkylation sites (tertiary alicyclic amines) is 1. The average molecular weight is 239 g/mol. The topological polar surface area (TPSA) is 41.3 Å². The average Bonchev–Trinajstić information content (AvgIpc) is 2.82. The molecule has 3 N–H and O–H groups in total. The van der Waals surface area contributed by atoms with Crippen molar-refractivity contribution in [1.29, 1.82) is 0 Å². The van der Waals surface area contributed by atoms with Gasteiger partial charge in [0.15, 0.2) is 0 Å². The summed E-state index contributed by atoms with van der Waals surface area (Å²) in [6.07, 6.45) is 5.92. The zero-order chi connectivity index (χ0) is 12.9. The lowest BCUT2D eigenvalue weighted by Crippen LogP contribution is -2.60. The maximum Gasteiger partial charge on any atom is 0.0395 e. The van der Waals surface area contributed by atoms with Crippen LogP contribution in [0.3, 0.4) is 0 Å². The first kappa shape index (κ1) is 14.7. The van der Waals surface area contributed by atoms with E-state index in [1.807, 2.05) is 0 Å². The standard InChI is InChI=1S/C14H29N3/c1-5-14(4,17-10-6-7-11-17)13(16-15)9-8-12(2)3/h13,16H,2,5-11,15H2,1,3-4H3. The van der Waals surface area contributed by atoms with Gasteiger partial charge in [-0.05, 0) is 59.0 Å². The molecule has 0 spiro atoms. The van der Waals surface area contributed by atoms with Crippen LogP contribution in [0.2, 0.25) is 0 Å². The van der Waals surface area contributed by atoms with E-state index in [0.29, 0.717) is 6.04 Å². The highest BCUT2D eigenvalue weighted by molar-refractivity contribution is 4.99. The van der Waals surface area contributed by atoms with Crippen molar-refractivity contribution < 1.29 is 0 Å². The van der Waals surface area contributed by atoms with Gasteiger partial charge in [-0.25, -0.2) is 0 Å². The van der Waals surface area contributed by atoms with Gasteiger partial charge in [-0.2, -0.15) is 0 Å². The van der Waals surface area contributed by atoms with E-state index in [-0.39, 0.29) is 5.54 Å². The van der Waals surface area contributed by atoms with E-state index < -0.39 is 0 Å². The van der Waals surface area contributed by atoms with Crippen molar-refractivity contribution in [3.05, 3.63) is 12.2 Å². The van der Waals surface area contributed by atoms with Crippen LogP contribution in [0.5, 0.6) is 0 Å². The summed E-state index contributed by atoms with van der Waals surface area (Å²) < 4.78 is 0. The third kappa shape index (κ3) is 3.54. The Balaban J connectivity index is 2.69. The van der Waals surface area contributed by atoms with E-state index in [1.165, 1.54) is 31.5 Å². The Morgan fingerprint density at radius 1 is 1.47 bits per heavy atom. The molecule has 1 saturated heterocycles. The Hall–Kier alpha value is -0.380. The molecule has 1 fully saturated rings. The van der Waals surface area contributed by atoms with Crippen LogP contribution in [-0.4, -0.2) is 29.6 Å². The molecule has 3 nitrogen and oxygen atoms in total. The van der Waals surface area contributed by atoms with Gasteiger partial charge in [-0.1, -0.05) is 12.5 Å². The predicted octanol–water partition coefficient (Wildman–Crippen LogP) is 2.44. The second-order valence-electron chi connectivity index (χ2n) is 5.62. The van der Waals surface area contributed by atoms with E-state index in [0.717, 1.165) is 19.3 Å².